The molecule has 1 aliphatic heterocycles. The van der Waals surface area contributed by atoms with E-state index in [4.69, 9.17) is 14.2 Å². The number of carbonyl (C=O) groups excluding carboxylic acids is 2. The van der Waals surface area contributed by atoms with Crippen molar-refractivity contribution in [3.05, 3.63) is 11.8 Å². The first kappa shape index (κ1) is 13.9. The van der Waals surface area contributed by atoms with E-state index in [1.165, 1.54) is 20.3 Å². The van der Waals surface area contributed by atoms with Gasteiger partial charge in [-0.2, -0.15) is 0 Å². The van der Waals surface area contributed by atoms with Gasteiger partial charge in [0.1, 0.15) is 6.10 Å². The van der Waals surface area contributed by atoms with Crippen LogP contribution in [0, 0.1) is 17.8 Å². The van der Waals surface area contributed by atoms with Crippen molar-refractivity contribution in [3.63, 3.8) is 0 Å². The molecule has 2 aliphatic rings. The van der Waals surface area contributed by atoms with Gasteiger partial charge >= 0.3 is 11.9 Å². The van der Waals surface area contributed by atoms with E-state index in [0.29, 0.717) is 12.0 Å². The number of ether oxygens (including phenoxy) is 3. The zero-order chi connectivity index (χ0) is 14.2. The summed E-state index contributed by atoms with van der Waals surface area (Å²) in [4.78, 5) is 22.8. The van der Waals surface area contributed by atoms with Crippen LogP contribution in [0.1, 0.15) is 20.3 Å². The smallest absolute Gasteiger partial charge is 0.337 e. The van der Waals surface area contributed by atoms with Gasteiger partial charge in [-0.1, -0.05) is 6.92 Å². The second-order valence-corrected chi connectivity index (χ2v) is 5.02. The van der Waals surface area contributed by atoms with E-state index in [-0.39, 0.29) is 29.8 Å². The number of rotatable bonds is 2. The van der Waals surface area contributed by atoms with Gasteiger partial charge in [-0.3, -0.25) is 4.79 Å². The Bertz CT molecular complexity index is 415. The quantitative estimate of drug-likeness (QED) is 0.740. The fourth-order valence-electron chi connectivity index (χ4n) is 3.04. The van der Waals surface area contributed by atoms with Crippen LogP contribution in [0.3, 0.4) is 0 Å². The van der Waals surface area contributed by atoms with Gasteiger partial charge in [0, 0.05) is 24.7 Å². The van der Waals surface area contributed by atoms with Crippen LogP contribution < -0.4 is 0 Å². The Kier molecular flexibility index (Phi) is 3.80. The Morgan fingerprint density at radius 3 is 2.74 bits per heavy atom. The second-order valence-electron chi connectivity index (χ2n) is 5.02. The summed E-state index contributed by atoms with van der Waals surface area (Å²) < 4.78 is 15.1. The van der Waals surface area contributed by atoms with Crippen molar-refractivity contribution in [2.45, 2.75) is 32.7 Å². The highest BCUT2D eigenvalue weighted by atomic mass is 16.6. The minimum Gasteiger partial charge on any atom is -0.472 e. The number of methoxy groups -OCH3 is 1. The van der Waals surface area contributed by atoms with Crippen molar-refractivity contribution < 1.29 is 28.9 Å². The minimum atomic E-state index is -0.992. The van der Waals surface area contributed by atoms with Gasteiger partial charge in [-0.25, -0.2) is 4.79 Å². The van der Waals surface area contributed by atoms with Crippen LogP contribution in [0.15, 0.2) is 11.8 Å². The lowest BCUT2D eigenvalue weighted by Crippen LogP contribution is -2.36. The highest BCUT2D eigenvalue weighted by molar-refractivity contribution is 5.89. The lowest BCUT2D eigenvalue weighted by Gasteiger charge is -2.31. The molecule has 0 aromatic heterocycles. The molecule has 0 amide bonds. The first-order chi connectivity index (χ1) is 8.95. The van der Waals surface area contributed by atoms with E-state index in [1.807, 2.05) is 6.92 Å². The zero-order valence-electron chi connectivity index (χ0n) is 11.2. The summed E-state index contributed by atoms with van der Waals surface area (Å²) in [6.07, 6.45) is 0.429. The minimum absolute atomic E-state index is 0.0859. The summed E-state index contributed by atoms with van der Waals surface area (Å²) in [5.74, 6) is -1.41. The SMILES string of the molecule is COC(=O)C1=COC(O)[C@@H]2[C@@H](C)[C@@H](OC(C)=O)C[C@H]12. The van der Waals surface area contributed by atoms with Crippen LogP contribution in [-0.2, 0) is 23.8 Å². The molecule has 0 saturated heterocycles. The fraction of sp³-hybridized carbons (Fsp3) is 0.692. The molecule has 1 unspecified atom stereocenters. The summed E-state index contributed by atoms with van der Waals surface area (Å²) in [6.45, 7) is 3.23. The van der Waals surface area contributed by atoms with Crippen LogP contribution >= 0.6 is 0 Å². The van der Waals surface area contributed by atoms with Crippen molar-refractivity contribution in [1.82, 2.24) is 0 Å². The molecule has 0 bridgehead atoms. The van der Waals surface area contributed by atoms with Gasteiger partial charge in [0.05, 0.1) is 18.9 Å². The van der Waals surface area contributed by atoms with Crippen molar-refractivity contribution in [1.29, 1.82) is 0 Å². The molecule has 19 heavy (non-hydrogen) atoms. The Labute approximate surface area is 111 Å². The van der Waals surface area contributed by atoms with E-state index < -0.39 is 12.3 Å². The molecule has 1 heterocycles. The number of hydrogen-bond donors (Lipinski definition) is 1. The maximum Gasteiger partial charge on any atom is 0.337 e. The normalized spacial score (nSPS) is 36.8. The summed E-state index contributed by atoms with van der Waals surface area (Å²) in [5.41, 5.74) is 0.388. The molecule has 1 saturated carbocycles. The monoisotopic (exact) mass is 270 g/mol. The predicted octanol–water partition coefficient (Wildman–Crippen LogP) is 0.596. The molecule has 5 atom stereocenters. The van der Waals surface area contributed by atoms with E-state index in [2.05, 4.69) is 0 Å². The molecule has 6 heteroatoms. The molecule has 106 valence electrons. The van der Waals surface area contributed by atoms with Gasteiger partial charge < -0.3 is 19.3 Å². The number of hydrogen-bond acceptors (Lipinski definition) is 6. The summed E-state index contributed by atoms with van der Waals surface area (Å²) in [7, 11) is 1.30. The molecular weight excluding hydrogens is 252 g/mol. The average molecular weight is 270 g/mol. The van der Waals surface area contributed by atoms with E-state index in [9.17, 15) is 14.7 Å². The summed E-state index contributed by atoms with van der Waals surface area (Å²) >= 11 is 0. The van der Waals surface area contributed by atoms with Crippen molar-refractivity contribution >= 4 is 11.9 Å². The third kappa shape index (κ3) is 2.45. The van der Waals surface area contributed by atoms with Gasteiger partial charge in [0.25, 0.3) is 0 Å². The topological polar surface area (TPSA) is 82.1 Å². The zero-order valence-corrected chi connectivity index (χ0v) is 11.2. The van der Waals surface area contributed by atoms with Crippen molar-refractivity contribution in [2.75, 3.05) is 7.11 Å². The Morgan fingerprint density at radius 1 is 1.47 bits per heavy atom. The van der Waals surface area contributed by atoms with Gasteiger partial charge in [-0.15, -0.1) is 0 Å². The van der Waals surface area contributed by atoms with Gasteiger partial charge in [0.2, 0.25) is 0 Å². The number of fused-ring (bicyclic) bond motifs is 1. The molecule has 0 aromatic carbocycles. The molecule has 2 rings (SSSR count). The van der Waals surface area contributed by atoms with Gasteiger partial charge in [-0.05, 0) is 6.42 Å². The van der Waals surface area contributed by atoms with Crippen LogP contribution in [0.4, 0.5) is 0 Å². The van der Waals surface area contributed by atoms with Crippen molar-refractivity contribution in [2.24, 2.45) is 17.8 Å². The van der Waals surface area contributed by atoms with E-state index in [0.717, 1.165) is 0 Å². The maximum atomic E-state index is 11.7. The van der Waals surface area contributed by atoms with Crippen LogP contribution in [0.5, 0.6) is 0 Å². The first-order valence-corrected chi connectivity index (χ1v) is 6.24. The lowest BCUT2D eigenvalue weighted by atomic mass is 9.83. The third-order valence-electron chi connectivity index (χ3n) is 3.95. The Hall–Kier alpha value is -1.56. The first-order valence-electron chi connectivity index (χ1n) is 6.24. The van der Waals surface area contributed by atoms with E-state index >= 15 is 0 Å². The molecule has 1 aliphatic carbocycles. The van der Waals surface area contributed by atoms with Crippen LogP contribution in [-0.4, -0.2) is 36.5 Å². The summed E-state index contributed by atoms with van der Waals surface area (Å²) in [5, 5.41) is 9.91. The Morgan fingerprint density at radius 2 is 2.16 bits per heavy atom. The second kappa shape index (κ2) is 5.21. The number of aliphatic hydroxyl groups is 1. The number of carbonyl (C=O) groups is 2. The summed E-state index contributed by atoms with van der Waals surface area (Å²) in [6, 6.07) is 0. The van der Waals surface area contributed by atoms with E-state index in [1.54, 1.807) is 0 Å². The average Bonchev–Trinajstić information content (AvgIpc) is 2.66. The molecule has 0 aromatic rings. The highest BCUT2D eigenvalue weighted by Crippen LogP contribution is 2.47. The molecule has 6 nitrogen and oxygen atoms in total. The Balaban J connectivity index is 2.23. The number of esters is 2. The van der Waals surface area contributed by atoms with Crippen molar-refractivity contribution in [3.8, 4) is 0 Å². The fourth-order valence-corrected chi connectivity index (χ4v) is 3.04. The molecule has 0 radical (unpaired) electrons. The number of aliphatic hydroxyl groups excluding tert-OH is 1. The molecule has 1 fully saturated rings. The van der Waals surface area contributed by atoms with Crippen LogP contribution in [0.2, 0.25) is 0 Å². The molecule has 0 spiro atoms. The maximum absolute atomic E-state index is 11.7. The van der Waals surface area contributed by atoms with Gasteiger partial charge in [0.15, 0.2) is 6.29 Å². The highest BCUT2D eigenvalue weighted by Gasteiger charge is 2.51. The molecule has 1 N–H and O–H groups in total. The largest absolute Gasteiger partial charge is 0.472 e. The third-order valence-corrected chi connectivity index (χ3v) is 3.95. The molecular formula is C13H18O6. The standard InChI is InChI=1S/C13H18O6/c1-6-10(19-7(2)14)4-8-9(12(15)17-3)5-18-13(16)11(6)8/h5-6,8,10-11,13,16H,4H2,1-3H3/t6-,8+,10-,11+,13?/m0/s1. The lowest BCUT2D eigenvalue weighted by molar-refractivity contribution is -0.153. The predicted molar refractivity (Wildman–Crippen MR) is 63.5 cm³/mol. The van der Waals surface area contributed by atoms with Crippen LogP contribution in [0.25, 0.3) is 0 Å².